The van der Waals surface area contributed by atoms with Crippen molar-refractivity contribution >= 4 is 11.6 Å². The lowest BCUT2D eigenvalue weighted by Gasteiger charge is -2.14. The molecule has 0 aliphatic heterocycles. The van der Waals surface area contributed by atoms with Crippen LogP contribution in [0, 0.1) is 0 Å². The Labute approximate surface area is 115 Å². The molecular weight excluding hydrogens is 248 g/mol. The summed E-state index contributed by atoms with van der Waals surface area (Å²) in [5, 5.41) is 3.98. The van der Waals surface area contributed by atoms with E-state index in [1.54, 1.807) is 0 Å². The molecule has 0 aromatic carbocycles. The summed E-state index contributed by atoms with van der Waals surface area (Å²) in [6, 6.07) is 3.68. The number of halogens is 1. The Bertz CT molecular complexity index is 358. The van der Waals surface area contributed by atoms with E-state index >= 15 is 0 Å². The molecule has 18 heavy (non-hydrogen) atoms. The van der Waals surface area contributed by atoms with E-state index in [4.69, 9.17) is 16.3 Å². The molecule has 1 aromatic rings. The first-order valence-electron chi connectivity index (χ1n) is 6.70. The highest BCUT2D eigenvalue weighted by atomic mass is 35.5. The van der Waals surface area contributed by atoms with Crippen LogP contribution in [-0.4, -0.2) is 17.6 Å². The number of ether oxygens (including phenoxy) is 1. The fraction of sp³-hybridized carbons (Fsp3) is 0.643. The number of nitrogens with one attached hydrogen (secondary N) is 1. The van der Waals surface area contributed by atoms with Gasteiger partial charge in [0.2, 0.25) is 5.88 Å². The molecular formula is C14H23ClN2O. The highest BCUT2D eigenvalue weighted by Gasteiger charge is 2.07. The Kier molecular flexibility index (Phi) is 7.06. The van der Waals surface area contributed by atoms with Crippen molar-refractivity contribution in [3.63, 3.8) is 0 Å². The van der Waals surface area contributed by atoms with Crippen molar-refractivity contribution in [3.8, 4) is 5.88 Å². The predicted octanol–water partition coefficient (Wildman–Crippen LogP) is 3.80. The fourth-order valence-electron chi connectivity index (χ4n) is 1.71. The molecule has 1 atom stereocenters. The van der Waals surface area contributed by atoms with E-state index in [9.17, 15) is 0 Å². The van der Waals surface area contributed by atoms with Gasteiger partial charge in [0, 0.05) is 12.6 Å². The topological polar surface area (TPSA) is 34.2 Å². The fourth-order valence-corrected chi connectivity index (χ4v) is 1.88. The molecule has 0 saturated heterocycles. The summed E-state index contributed by atoms with van der Waals surface area (Å²) in [5.41, 5.74) is 0.853. The molecule has 1 N–H and O–H groups in total. The Hall–Kier alpha value is -0.800. The molecule has 4 heteroatoms. The SMILES string of the molecule is CCCNCc1nc(OC(C)CCC)ccc1Cl. The molecule has 1 rings (SSSR count). The van der Waals surface area contributed by atoms with Crippen LogP contribution in [0.25, 0.3) is 0 Å². The highest BCUT2D eigenvalue weighted by molar-refractivity contribution is 6.31. The second kappa shape index (κ2) is 8.33. The average molecular weight is 271 g/mol. The zero-order valence-corrected chi connectivity index (χ0v) is 12.3. The van der Waals surface area contributed by atoms with E-state index in [-0.39, 0.29) is 6.10 Å². The zero-order valence-electron chi connectivity index (χ0n) is 11.5. The number of nitrogens with zero attached hydrogens (tertiary/aromatic N) is 1. The normalized spacial score (nSPS) is 12.4. The van der Waals surface area contributed by atoms with Crippen LogP contribution >= 0.6 is 11.6 Å². The van der Waals surface area contributed by atoms with Crippen molar-refractivity contribution in [3.05, 3.63) is 22.8 Å². The summed E-state index contributed by atoms with van der Waals surface area (Å²) < 4.78 is 5.76. The summed E-state index contributed by atoms with van der Waals surface area (Å²) in [6.45, 7) is 8.00. The van der Waals surface area contributed by atoms with Gasteiger partial charge >= 0.3 is 0 Å². The molecule has 3 nitrogen and oxygen atoms in total. The number of aromatic nitrogens is 1. The second-order valence-corrected chi connectivity index (χ2v) is 4.88. The van der Waals surface area contributed by atoms with Gasteiger partial charge < -0.3 is 10.1 Å². The Morgan fingerprint density at radius 2 is 2.11 bits per heavy atom. The van der Waals surface area contributed by atoms with Crippen LogP contribution < -0.4 is 10.1 Å². The predicted molar refractivity (Wildman–Crippen MR) is 76.2 cm³/mol. The van der Waals surface area contributed by atoms with Crippen molar-refractivity contribution in [2.75, 3.05) is 6.54 Å². The van der Waals surface area contributed by atoms with Crippen LogP contribution in [0.15, 0.2) is 12.1 Å². The van der Waals surface area contributed by atoms with Gasteiger partial charge in [0.15, 0.2) is 0 Å². The van der Waals surface area contributed by atoms with Crippen molar-refractivity contribution in [2.45, 2.75) is 52.7 Å². The van der Waals surface area contributed by atoms with Gasteiger partial charge in [0.25, 0.3) is 0 Å². The molecule has 0 amide bonds. The van der Waals surface area contributed by atoms with Crippen LogP contribution in [0.4, 0.5) is 0 Å². The summed E-state index contributed by atoms with van der Waals surface area (Å²) in [5.74, 6) is 0.661. The molecule has 102 valence electrons. The molecule has 1 aromatic heterocycles. The lowest BCUT2D eigenvalue weighted by atomic mass is 10.2. The lowest BCUT2D eigenvalue weighted by molar-refractivity contribution is 0.201. The van der Waals surface area contributed by atoms with E-state index in [0.717, 1.165) is 31.5 Å². The first-order valence-corrected chi connectivity index (χ1v) is 7.08. The van der Waals surface area contributed by atoms with Gasteiger partial charge in [-0.25, -0.2) is 4.98 Å². The maximum Gasteiger partial charge on any atom is 0.213 e. The minimum absolute atomic E-state index is 0.195. The summed E-state index contributed by atoms with van der Waals surface area (Å²) in [4.78, 5) is 4.45. The molecule has 0 saturated carbocycles. The Balaban J connectivity index is 2.61. The van der Waals surface area contributed by atoms with Crippen molar-refractivity contribution in [1.82, 2.24) is 10.3 Å². The first-order chi connectivity index (χ1) is 8.67. The molecule has 0 fully saturated rings. The van der Waals surface area contributed by atoms with E-state index in [1.165, 1.54) is 0 Å². The van der Waals surface area contributed by atoms with Crippen molar-refractivity contribution in [2.24, 2.45) is 0 Å². The van der Waals surface area contributed by atoms with E-state index in [1.807, 2.05) is 12.1 Å². The third-order valence-corrected chi connectivity index (χ3v) is 2.97. The molecule has 0 radical (unpaired) electrons. The Morgan fingerprint density at radius 3 is 2.78 bits per heavy atom. The molecule has 0 spiro atoms. The largest absolute Gasteiger partial charge is 0.475 e. The number of hydrogen-bond acceptors (Lipinski definition) is 3. The van der Waals surface area contributed by atoms with E-state index in [2.05, 4.69) is 31.1 Å². The van der Waals surface area contributed by atoms with Gasteiger partial charge in [-0.05, 0) is 32.4 Å². The minimum Gasteiger partial charge on any atom is -0.475 e. The summed E-state index contributed by atoms with van der Waals surface area (Å²) >= 11 is 6.11. The summed E-state index contributed by atoms with van der Waals surface area (Å²) in [6.07, 6.45) is 3.44. The van der Waals surface area contributed by atoms with Crippen LogP contribution in [0.5, 0.6) is 5.88 Å². The summed E-state index contributed by atoms with van der Waals surface area (Å²) in [7, 11) is 0. The first kappa shape index (κ1) is 15.3. The van der Waals surface area contributed by atoms with Crippen molar-refractivity contribution < 1.29 is 4.74 Å². The standard InChI is InChI=1S/C14H23ClN2O/c1-4-6-11(3)18-14-8-7-12(15)13(17-14)10-16-9-5-2/h7-8,11,16H,4-6,9-10H2,1-3H3. The van der Waals surface area contributed by atoms with Crippen LogP contribution in [-0.2, 0) is 6.54 Å². The number of pyridine rings is 1. The number of rotatable bonds is 8. The zero-order chi connectivity index (χ0) is 13.4. The van der Waals surface area contributed by atoms with Crippen LogP contribution in [0.3, 0.4) is 0 Å². The third kappa shape index (κ3) is 5.23. The molecule has 0 bridgehead atoms. The van der Waals surface area contributed by atoms with Gasteiger partial charge in [-0.1, -0.05) is 31.9 Å². The maximum atomic E-state index is 6.11. The van der Waals surface area contributed by atoms with Gasteiger partial charge in [-0.15, -0.1) is 0 Å². The van der Waals surface area contributed by atoms with E-state index in [0.29, 0.717) is 17.4 Å². The highest BCUT2D eigenvalue weighted by Crippen LogP contribution is 2.19. The van der Waals surface area contributed by atoms with Gasteiger partial charge in [-0.2, -0.15) is 0 Å². The van der Waals surface area contributed by atoms with Crippen molar-refractivity contribution in [1.29, 1.82) is 0 Å². The number of hydrogen-bond donors (Lipinski definition) is 1. The van der Waals surface area contributed by atoms with Crippen LogP contribution in [0.1, 0.15) is 45.7 Å². The minimum atomic E-state index is 0.195. The van der Waals surface area contributed by atoms with Crippen LogP contribution in [0.2, 0.25) is 5.02 Å². The molecule has 1 unspecified atom stereocenters. The quantitative estimate of drug-likeness (QED) is 0.730. The second-order valence-electron chi connectivity index (χ2n) is 4.47. The molecule has 0 aliphatic rings. The van der Waals surface area contributed by atoms with Gasteiger partial charge in [0.1, 0.15) is 0 Å². The molecule has 1 heterocycles. The lowest BCUT2D eigenvalue weighted by Crippen LogP contribution is -2.16. The third-order valence-electron chi connectivity index (χ3n) is 2.63. The smallest absolute Gasteiger partial charge is 0.213 e. The monoisotopic (exact) mass is 270 g/mol. The molecule has 0 aliphatic carbocycles. The van der Waals surface area contributed by atoms with Gasteiger partial charge in [0.05, 0.1) is 16.8 Å². The Morgan fingerprint density at radius 1 is 1.33 bits per heavy atom. The van der Waals surface area contributed by atoms with E-state index < -0.39 is 0 Å². The maximum absolute atomic E-state index is 6.11. The van der Waals surface area contributed by atoms with Gasteiger partial charge in [-0.3, -0.25) is 0 Å². The average Bonchev–Trinajstić information content (AvgIpc) is 2.34.